The molecule has 1 aliphatic heterocycles. The lowest BCUT2D eigenvalue weighted by Gasteiger charge is -2.28. The van der Waals surface area contributed by atoms with Gasteiger partial charge < -0.3 is 16.0 Å². The zero-order chi connectivity index (χ0) is 17.6. The van der Waals surface area contributed by atoms with Crippen molar-refractivity contribution in [1.29, 1.82) is 0 Å². The van der Waals surface area contributed by atoms with Crippen LogP contribution in [0, 0.1) is 5.92 Å². The smallest absolute Gasteiger partial charge is 0.220 e. The molecular weight excluding hydrogens is 334 g/mol. The minimum absolute atomic E-state index is 0.0570. The molecule has 0 spiro atoms. The molecule has 1 aromatic carbocycles. The largest absolute Gasteiger partial charge is 0.374 e. The van der Waals surface area contributed by atoms with Crippen LogP contribution in [0.1, 0.15) is 42.3 Å². The molecule has 0 unspecified atom stereocenters. The Labute approximate surface area is 152 Å². The molecule has 2 heterocycles. The van der Waals surface area contributed by atoms with E-state index in [4.69, 9.17) is 5.73 Å². The molecule has 7 heteroatoms. The average Bonchev–Trinajstić information content (AvgIpc) is 3.06. The highest BCUT2D eigenvalue weighted by atomic mass is 32.1. The SMILES string of the molecule is CN1CCC(CCC(=O)N[C@@H](c2ccccc2)c2nnc(N)s2)CC1. The molecule has 1 saturated heterocycles. The van der Waals surface area contributed by atoms with Gasteiger partial charge in [-0.15, -0.1) is 10.2 Å². The van der Waals surface area contributed by atoms with Crippen molar-refractivity contribution in [2.75, 3.05) is 25.9 Å². The van der Waals surface area contributed by atoms with E-state index >= 15 is 0 Å². The van der Waals surface area contributed by atoms with E-state index in [0.717, 1.165) is 30.1 Å². The molecule has 0 bridgehead atoms. The Morgan fingerprint density at radius 3 is 2.68 bits per heavy atom. The summed E-state index contributed by atoms with van der Waals surface area (Å²) in [7, 11) is 2.15. The van der Waals surface area contributed by atoms with Crippen LogP contribution in [0.4, 0.5) is 5.13 Å². The van der Waals surface area contributed by atoms with Gasteiger partial charge in [0.2, 0.25) is 11.0 Å². The molecule has 25 heavy (non-hydrogen) atoms. The summed E-state index contributed by atoms with van der Waals surface area (Å²) in [5.41, 5.74) is 6.71. The Morgan fingerprint density at radius 1 is 1.32 bits per heavy atom. The van der Waals surface area contributed by atoms with Crippen molar-refractivity contribution in [1.82, 2.24) is 20.4 Å². The molecule has 3 N–H and O–H groups in total. The summed E-state index contributed by atoms with van der Waals surface area (Å²) in [5.74, 6) is 0.704. The van der Waals surface area contributed by atoms with Crippen LogP contribution in [0.15, 0.2) is 30.3 Å². The van der Waals surface area contributed by atoms with E-state index in [0.29, 0.717) is 17.5 Å². The van der Waals surface area contributed by atoms with Crippen molar-refractivity contribution in [2.24, 2.45) is 5.92 Å². The molecule has 1 fully saturated rings. The molecule has 6 nitrogen and oxygen atoms in total. The van der Waals surface area contributed by atoms with Crippen molar-refractivity contribution in [3.8, 4) is 0 Å². The maximum atomic E-state index is 12.5. The van der Waals surface area contributed by atoms with E-state index in [9.17, 15) is 4.79 Å². The third-order valence-electron chi connectivity index (χ3n) is 4.76. The number of nitrogens with one attached hydrogen (secondary N) is 1. The van der Waals surface area contributed by atoms with Crippen LogP contribution in [0.25, 0.3) is 0 Å². The van der Waals surface area contributed by atoms with E-state index in [-0.39, 0.29) is 11.9 Å². The van der Waals surface area contributed by atoms with Crippen molar-refractivity contribution < 1.29 is 4.79 Å². The highest BCUT2D eigenvalue weighted by Crippen LogP contribution is 2.26. The molecule has 1 aliphatic rings. The first-order chi connectivity index (χ1) is 12.1. The zero-order valence-corrected chi connectivity index (χ0v) is 15.3. The molecule has 1 amide bonds. The fourth-order valence-corrected chi connectivity index (χ4v) is 3.91. The third-order valence-corrected chi connectivity index (χ3v) is 5.58. The quantitative estimate of drug-likeness (QED) is 0.828. The Balaban J connectivity index is 1.61. The van der Waals surface area contributed by atoms with Crippen LogP contribution in [0.2, 0.25) is 0 Å². The van der Waals surface area contributed by atoms with Crippen LogP contribution in [-0.2, 0) is 4.79 Å². The van der Waals surface area contributed by atoms with Gasteiger partial charge in [-0.2, -0.15) is 0 Å². The number of hydrogen-bond donors (Lipinski definition) is 2. The molecule has 1 aromatic heterocycles. The fourth-order valence-electron chi connectivity index (χ4n) is 3.22. The van der Waals surface area contributed by atoms with Gasteiger partial charge in [0, 0.05) is 6.42 Å². The topological polar surface area (TPSA) is 84.1 Å². The summed E-state index contributed by atoms with van der Waals surface area (Å²) in [5, 5.41) is 12.3. The first-order valence-corrected chi connectivity index (χ1v) is 9.55. The number of amides is 1. The van der Waals surface area contributed by atoms with Crippen LogP contribution in [-0.4, -0.2) is 41.1 Å². The Kier molecular flexibility index (Phi) is 5.99. The van der Waals surface area contributed by atoms with Gasteiger partial charge in [0.25, 0.3) is 0 Å². The van der Waals surface area contributed by atoms with Gasteiger partial charge in [-0.05, 0) is 50.9 Å². The number of benzene rings is 1. The molecule has 0 saturated carbocycles. The van der Waals surface area contributed by atoms with Crippen molar-refractivity contribution >= 4 is 22.4 Å². The third kappa shape index (κ3) is 4.99. The predicted molar refractivity (Wildman–Crippen MR) is 100 cm³/mol. The van der Waals surface area contributed by atoms with Crippen molar-refractivity contribution in [3.05, 3.63) is 40.9 Å². The molecule has 0 aliphatic carbocycles. The number of carbonyl (C=O) groups excluding carboxylic acids is 1. The van der Waals surface area contributed by atoms with E-state index in [1.165, 1.54) is 24.2 Å². The molecular formula is C18H25N5OS. The first kappa shape index (κ1) is 17.8. The fraction of sp³-hybridized carbons (Fsp3) is 0.500. The standard InChI is InChI=1S/C18H25N5OS/c1-23-11-9-13(10-12-23)7-8-15(24)20-16(14-5-3-2-4-6-14)17-21-22-18(19)25-17/h2-6,13,16H,7-12H2,1H3,(H2,19,22)(H,20,24)/t16-/m0/s1. The van der Waals surface area contributed by atoms with E-state index in [1.807, 2.05) is 30.3 Å². The first-order valence-electron chi connectivity index (χ1n) is 8.73. The van der Waals surface area contributed by atoms with Gasteiger partial charge in [-0.1, -0.05) is 41.7 Å². The van der Waals surface area contributed by atoms with Gasteiger partial charge in [0.15, 0.2) is 0 Å². The Bertz CT molecular complexity index is 682. The van der Waals surface area contributed by atoms with E-state index < -0.39 is 0 Å². The molecule has 134 valence electrons. The Morgan fingerprint density at radius 2 is 2.04 bits per heavy atom. The van der Waals surface area contributed by atoms with Gasteiger partial charge >= 0.3 is 0 Å². The monoisotopic (exact) mass is 359 g/mol. The normalized spacial score (nSPS) is 17.3. The van der Waals surface area contributed by atoms with Crippen molar-refractivity contribution in [2.45, 2.75) is 31.7 Å². The number of piperidine rings is 1. The highest BCUT2D eigenvalue weighted by molar-refractivity contribution is 7.15. The predicted octanol–water partition coefficient (Wildman–Crippen LogP) is 2.45. The maximum Gasteiger partial charge on any atom is 0.220 e. The number of rotatable bonds is 6. The summed E-state index contributed by atoms with van der Waals surface area (Å²) >= 11 is 1.31. The number of carbonyl (C=O) groups is 1. The lowest BCUT2D eigenvalue weighted by Crippen LogP contribution is -2.32. The summed E-state index contributed by atoms with van der Waals surface area (Å²) in [6.45, 7) is 2.26. The Hall–Kier alpha value is -1.99. The number of likely N-dealkylation sites (tertiary alicyclic amines) is 1. The second-order valence-corrected chi connectivity index (χ2v) is 7.72. The van der Waals surface area contributed by atoms with Gasteiger partial charge in [0.1, 0.15) is 11.0 Å². The number of nitrogens with zero attached hydrogens (tertiary/aromatic N) is 3. The summed E-state index contributed by atoms with van der Waals surface area (Å²) in [4.78, 5) is 14.9. The van der Waals surface area contributed by atoms with Crippen LogP contribution in [0.3, 0.4) is 0 Å². The average molecular weight is 359 g/mol. The van der Waals surface area contributed by atoms with Crippen molar-refractivity contribution in [3.63, 3.8) is 0 Å². The summed E-state index contributed by atoms with van der Waals surface area (Å²) in [6.07, 6.45) is 3.85. The van der Waals surface area contributed by atoms with Gasteiger partial charge in [-0.3, -0.25) is 4.79 Å². The zero-order valence-electron chi connectivity index (χ0n) is 14.5. The molecule has 2 aromatic rings. The van der Waals surface area contributed by atoms with Crippen LogP contribution in [0.5, 0.6) is 0 Å². The highest BCUT2D eigenvalue weighted by Gasteiger charge is 2.22. The molecule has 3 rings (SSSR count). The van der Waals surface area contributed by atoms with E-state index in [2.05, 4.69) is 27.5 Å². The maximum absolute atomic E-state index is 12.5. The number of hydrogen-bond acceptors (Lipinski definition) is 6. The van der Waals surface area contributed by atoms with Crippen LogP contribution >= 0.6 is 11.3 Å². The second-order valence-electron chi connectivity index (χ2n) is 6.68. The van der Waals surface area contributed by atoms with Gasteiger partial charge in [0.05, 0.1) is 0 Å². The lowest BCUT2D eigenvalue weighted by molar-refractivity contribution is -0.122. The molecule has 0 radical (unpaired) electrons. The second kappa shape index (κ2) is 8.40. The van der Waals surface area contributed by atoms with E-state index in [1.54, 1.807) is 0 Å². The van der Waals surface area contributed by atoms with Crippen LogP contribution < -0.4 is 11.1 Å². The lowest BCUT2D eigenvalue weighted by atomic mass is 9.92. The number of aromatic nitrogens is 2. The number of anilines is 1. The number of nitrogen functional groups attached to an aromatic ring is 1. The minimum atomic E-state index is -0.291. The molecule has 1 atom stereocenters. The summed E-state index contributed by atoms with van der Waals surface area (Å²) < 4.78 is 0. The summed E-state index contributed by atoms with van der Waals surface area (Å²) in [6, 6.07) is 9.55. The minimum Gasteiger partial charge on any atom is -0.374 e. The number of nitrogens with two attached hydrogens (primary N) is 1. The van der Waals surface area contributed by atoms with Gasteiger partial charge in [-0.25, -0.2) is 0 Å².